The molecule has 0 aliphatic carbocycles. The highest BCUT2D eigenvalue weighted by Crippen LogP contribution is 2.29. The summed E-state index contributed by atoms with van der Waals surface area (Å²) in [4.78, 5) is 2.22. The van der Waals surface area contributed by atoms with E-state index < -0.39 is 0 Å². The second-order valence-electron chi connectivity index (χ2n) is 4.67. The Morgan fingerprint density at radius 1 is 1.41 bits per heavy atom. The fourth-order valence-electron chi connectivity index (χ4n) is 2.61. The molecule has 1 nitrogen and oxygen atoms in total. The third-order valence-electron chi connectivity index (χ3n) is 3.57. The number of halogens is 2. The van der Waals surface area contributed by atoms with Crippen LogP contribution in [0.3, 0.4) is 0 Å². The molecule has 1 atom stereocenters. The van der Waals surface area contributed by atoms with Crippen molar-refractivity contribution in [3.63, 3.8) is 0 Å². The fourth-order valence-corrected chi connectivity index (χ4v) is 2.77. The largest absolute Gasteiger partial charge is 0.366 e. The van der Waals surface area contributed by atoms with Crippen LogP contribution >= 0.6 is 11.6 Å². The molecule has 1 aliphatic heterocycles. The number of rotatable bonds is 3. The Bertz CT molecular complexity index is 380. The summed E-state index contributed by atoms with van der Waals surface area (Å²) in [6, 6.07) is 5.84. The van der Waals surface area contributed by atoms with Crippen molar-refractivity contribution < 1.29 is 4.39 Å². The first-order valence-corrected chi connectivity index (χ1v) is 6.90. The second-order valence-corrected chi connectivity index (χ2v) is 4.94. The molecule has 1 saturated heterocycles. The highest BCUT2D eigenvalue weighted by molar-refractivity contribution is 6.17. The molecule has 0 saturated carbocycles. The van der Waals surface area contributed by atoms with Crippen molar-refractivity contribution in [3.05, 3.63) is 29.6 Å². The van der Waals surface area contributed by atoms with Crippen molar-refractivity contribution in [2.24, 2.45) is 0 Å². The van der Waals surface area contributed by atoms with Gasteiger partial charge in [-0.2, -0.15) is 0 Å². The first kappa shape index (κ1) is 12.7. The van der Waals surface area contributed by atoms with Crippen molar-refractivity contribution in [1.29, 1.82) is 0 Å². The molecule has 3 heteroatoms. The van der Waals surface area contributed by atoms with Gasteiger partial charge in [-0.25, -0.2) is 4.39 Å². The van der Waals surface area contributed by atoms with E-state index in [9.17, 15) is 4.39 Å². The fraction of sp³-hybridized carbons (Fsp3) is 0.571. The lowest BCUT2D eigenvalue weighted by molar-refractivity contribution is 0.443. The van der Waals surface area contributed by atoms with Crippen LogP contribution < -0.4 is 4.90 Å². The molecule has 1 aromatic carbocycles. The maximum absolute atomic E-state index is 14.0. The number of hydrogen-bond donors (Lipinski definition) is 0. The first-order chi connectivity index (χ1) is 8.26. The minimum atomic E-state index is -0.136. The summed E-state index contributed by atoms with van der Waals surface area (Å²) in [5, 5.41) is 0. The predicted molar refractivity (Wildman–Crippen MR) is 71.2 cm³/mol. The lowest BCUT2D eigenvalue weighted by Crippen LogP contribution is -2.39. The van der Waals surface area contributed by atoms with Crippen molar-refractivity contribution in [1.82, 2.24) is 0 Å². The maximum atomic E-state index is 14.0. The molecule has 2 rings (SSSR count). The van der Waals surface area contributed by atoms with Crippen LogP contribution in [-0.2, 0) is 5.88 Å². The molecule has 1 unspecified atom stereocenters. The summed E-state index contributed by atoms with van der Waals surface area (Å²) in [7, 11) is 0. The van der Waals surface area contributed by atoms with Gasteiger partial charge in [0.15, 0.2) is 0 Å². The topological polar surface area (TPSA) is 3.24 Å². The Balaban J connectivity index is 2.25. The average molecular weight is 256 g/mol. The first-order valence-electron chi connectivity index (χ1n) is 6.37. The van der Waals surface area contributed by atoms with Crippen molar-refractivity contribution in [3.8, 4) is 0 Å². The predicted octanol–water partition coefficient (Wildman–Crippen LogP) is 4.33. The summed E-state index contributed by atoms with van der Waals surface area (Å²) in [6.07, 6.45) is 4.67. The summed E-state index contributed by atoms with van der Waals surface area (Å²) in [6.45, 7) is 3.14. The lowest BCUT2D eigenvalue weighted by Gasteiger charge is -2.37. The molecule has 0 N–H and O–H groups in total. The highest BCUT2D eigenvalue weighted by Gasteiger charge is 2.23. The van der Waals surface area contributed by atoms with E-state index in [-0.39, 0.29) is 5.82 Å². The molecule has 94 valence electrons. The summed E-state index contributed by atoms with van der Waals surface area (Å²) in [5.74, 6) is 0.234. The standard InChI is InChI=1S/C14H19ClFN/c1-2-12-5-3-4-8-17(12)14-7-6-11(10-15)9-13(14)16/h6-7,9,12H,2-5,8,10H2,1H3. The molecular weight excluding hydrogens is 237 g/mol. The molecule has 1 heterocycles. The van der Waals surface area contributed by atoms with Crippen LogP contribution in [0.5, 0.6) is 0 Å². The Morgan fingerprint density at radius 3 is 2.88 bits per heavy atom. The Morgan fingerprint density at radius 2 is 2.24 bits per heavy atom. The minimum absolute atomic E-state index is 0.136. The summed E-state index contributed by atoms with van der Waals surface area (Å²) >= 11 is 5.71. The Kier molecular flexibility index (Phi) is 4.27. The van der Waals surface area contributed by atoms with Gasteiger partial charge < -0.3 is 4.90 Å². The van der Waals surface area contributed by atoms with Gasteiger partial charge in [-0.3, -0.25) is 0 Å². The molecule has 17 heavy (non-hydrogen) atoms. The van der Waals surface area contributed by atoms with E-state index in [2.05, 4.69) is 11.8 Å². The van der Waals surface area contributed by atoms with Crippen molar-refractivity contribution in [2.45, 2.75) is 44.5 Å². The minimum Gasteiger partial charge on any atom is -0.366 e. The van der Waals surface area contributed by atoms with Gasteiger partial charge in [0.1, 0.15) is 5.82 Å². The van der Waals surface area contributed by atoms with Crippen molar-refractivity contribution in [2.75, 3.05) is 11.4 Å². The molecule has 0 radical (unpaired) electrons. The molecule has 1 fully saturated rings. The van der Waals surface area contributed by atoms with Crippen LogP contribution in [0.4, 0.5) is 10.1 Å². The van der Waals surface area contributed by atoms with Gasteiger partial charge in [0.05, 0.1) is 5.69 Å². The zero-order valence-electron chi connectivity index (χ0n) is 10.3. The van der Waals surface area contributed by atoms with Crippen LogP contribution in [-0.4, -0.2) is 12.6 Å². The van der Waals surface area contributed by atoms with Crippen LogP contribution in [0.1, 0.15) is 38.2 Å². The maximum Gasteiger partial charge on any atom is 0.146 e. The molecular formula is C14H19ClFN. The van der Waals surface area contributed by atoms with Gasteiger partial charge in [-0.1, -0.05) is 13.0 Å². The van der Waals surface area contributed by atoms with E-state index in [1.807, 2.05) is 12.1 Å². The van der Waals surface area contributed by atoms with Crippen LogP contribution in [0.15, 0.2) is 18.2 Å². The van der Waals surface area contributed by atoms with E-state index in [1.165, 1.54) is 12.8 Å². The summed E-state index contributed by atoms with van der Waals surface area (Å²) < 4.78 is 14.0. The number of anilines is 1. The molecule has 1 aliphatic rings. The zero-order valence-corrected chi connectivity index (χ0v) is 11.0. The van der Waals surface area contributed by atoms with Crippen LogP contribution in [0.25, 0.3) is 0 Å². The third kappa shape index (κ3) is 2.74. The number of hydrogen-bond acceptors (Lipinski definition) is 1. The Labute approximate surface area is 108 Å². The average Bonchev–Trinajstić information content (AvgIpc) is 2.38. The quantitative estimate of drug-likeness (QED) is 0.727. The van der Waals surface area contributed by atoms with Crippen LogP contribution in [0, 0.1) is 5.82 Å². The third-order valence-corrected chi connectivity index (χ3v) is 3.88. The number of nitrogens with zero attached hydrogens (tertiary/aromatic N) is 1. The van der Waals surface area contributed by atoms with Gasteiger partial charge in [0, 0.05) is 18.5 Å². The van der Waals surface area contributed by atoms with Gasteiger partial charge in [0.25, 0.3) is 0 Å². The number of alkyl halides is 1. The molecule has 1 aromatic rings. The van der Waals surface area contributed by atoms with Gasteiger partial charge in [0.2, 0.25) is 0 Å². The molecule has 0 bridgehead atoms. The van der Waals surface area contributed by atoms with E-state index >= 15 is 0 Å². The zero-order chi connectivity index (χ0) is 12.3. The lowest BCUT2D eigenvalue weighted by atomic mass is 9.99. The van der Waals surface area contributed by atoms with E-state index in [0.29, 0.717) is 11.9 Å². The summed E-state index contributed by atoms with van der Waals surface area (Å²) in [5.41, 5.74) is 1.59. The second kappa shape index (κ2) is 5.72. The molecule has 0 aromatic heterocycles. The van der Waals surface area contributed by atoms with Crippen molar-refractivity contribution >= 4 is 17.3 Å². The van der Waals surface area contributed by atoms with Gasteiger partial charge in [-0.05, 0) is 43.4 Å². The van der Waals surface area contributed by atoms with Crippen LogP contribution in [0.2, 0.25) is 0 Å². The normalized spacial score (nSPS) is 20.6. The van der Waals surface area contributed by atoms with E-state index in [4.69, 9.17) is 11.6 Å². The highest BCUT2D eigenvalue weighted by atomic mass is 35.5. The monoisotopic (exact) mass is 255 g/mol. The SMILES string of the molecule is CCC1CCCCN1c1ccc(CCl)cc1F. The number of benzene rings is 1. The Hall–Kier alpha value is -0.760. The smallest absolute Gasteiger partial charge is 0.146 e. The number of piperidine rings is 1. The van der Waals surface area contributed by atoms with E-state index in [0.717, 1.165) is 30.6 Å². The molecule has 0 amide bonds. The van der Waals surface area contributed by atoms with E-state index in [1.54, 1.807) is 6.07 Å². The van der Waals surface area contributed by atoms with Gasteiger partial charge >= 0.3 is 0 Å². The molecule has 0 spiro atoms. The van der Waals surface area contributed by atoms with Gasteiger partial charge in [-0.15, -0.1) is 11.6 Å².